The van der Waals surface area contributed by atoms with E-state index < -0.39 is 0 Å². The summed E-state index contributed by atoms with van der Waals surface area (Å²) in [5.74, 6) is 0.670. The quantitative estimate of drug-likeness (QED) is 0.453. The fraction of sp³-hybridized carbons (Fsp3) is 0.625. The first-order valence-corrected chi connectivity index (χ1v) is 3.23. The molecule has 1 aliphatic carbocycles. The summed E-state index contributed by atoms with van der Waals surface area (Å²) in [7, 11) is 0. The topological polar surface area (TPSA) is 0 Å². The molecule has 0 heteroatoms. The maximum atomic E-state index is 3.25. The van der Waals surface area contributed by atoms with E-state index in [1.54, 1.807) is 0 Å². The van der Waals surface area contributed by atoms with Gasteiger partial charge in [0, 0.05) is 0 Å². The lowest BCUT2D eigenvalue weighted by molar-refractivity contribution is 0.833. The second kappa shape index (κ2) is 2.19. The van der Waals surface area contributed by atoms with Gasteiger partial charge in [-0.2, -0.15) is 0 Å². The standard InChI is InChI=1S/C8H12/c1-7(2)3-4-8-5-6-8/h3,7H,5-6H2,1-2H3. The van der Waals surface area contributed by atoms with Crippen LogP contribution in [-0.4, -0.2) is 0 Å². The average Bonchev–Trinajstić information content (AvgIpc) is 2.41. The summed E-state index contributed by atoms with van der Waals surface area (Å²) in [5.41, 5.74) is 4.75. The highest BCUT2D eigenvalue weighted by Crippen LogP contribution is 2.25. The van der Waals surface area contributed by atoms with Crippen LogP contribution in [0.3, 0.4) is 0 Å². The lowest BCUT2D eigenvalue weighted by Crippen LogP contribution is -1.72. The summed E-state index contributed by atoms with van der Waals surface area (Å²) >= 11 is 0. The van der Waals surface area contributed by atoms with Gasteiger partial charge in [-0.15, -0.1) is 5.73 Å². The normalized spacial score (nSPS) is 16.1. The second-order valence-electron chi connectivity index (χ2n) is 2.66. The zero-order valence-electron chi connectivity index (χ0n) is 5.57. The molecule has 0 nitrogen and oxygen atoms in total. The third-order valence-corrected chi connectivity index (χ3v) is 1.12. The van der Waals surface area contributed by atoms with Crippen molar-refractivity contribution in [3.05, 3.63) is 17.4 Å². The Kier molecular flexibility index (Phi) is 1.55. The highest BCUT2D eigenvalue weighted by atomic mass is 14.1. The Morgan fingerprint density at radius 1 is 1.50 bits per heavy atom. The molecule has 0 atom stereocenters. The summed E-state index contributed by atoms with van der Waals surface area (Å²) < 4.78 is 0. The average molecular weight is 108 g/mol. The van der Waals surface area contributed by atoms with Crippen molar-refractivity contribution in [3.63, 3.8) is 0 Å². The molecule has 0 aromatic carbocycles. The van der Waals surface area contributed by atoms with Crippen molar-refractivity contribution < 1.29 is 0 Å². The smallest absolute Gasteiger partial charge is 0.0200 e. The van der Waals surface area contributed by atoms with Gasteiger partial charge >= 0.3 is 0 Å². The Morgan fingerprint density at radius 2 is 2.12 bits per heavy atom. The molecule has 0 saturated heterocycles. The molecule has 8 heavy (non-hydrogen) atoms. The Labute approximate surface area is 50.9 Å². The van der Waals surface area contributed by atoms with E-state index >= 15 is 0 Å². The largest absolute Gasteiger partial charge is 0.126 e. The van der Waals surface area contributed by atoms with E-state index in [2.05, 4.69) is 25.7 Å². The van der Waals surface area contributed by atoms with E-state index in [1.807, 2.05) is 0 Å². The molecule has 0 amide bonds. The van der Waals surface area contributed by atoms with Crippen LogP contribution in [0.15, 0.2) is 17.4 Å². The molecule has 0 aliphatic heterocycles. The van der Waals surface area contributed by atoms with Crippen LogP contribution >= 0.6 is 0 Å². The molecular weight excluding hydrogens is 96.1 g/mol. The van der Waals surface area contributed by atoms with Gasteiger partial charge in [0.2, 0.25) is 0 Å². The van der Waals surface area contributed by atoms with Crippen LogP contribution in [0.5, 0.6) is 0 Å². The SMILES string of the molecule is CC(C)C=C=C1CC1. The molecule has 0 unspecified atom stereocenters. The number of rotatable bonds is 1. The molecule has 0 heterocycles. The first-order valence-electron chi connectivity index (χ1n) is 3.23. The molecule has 0 spiro atoms. The number of hydrogen-bond donors (Lipinski definition) is 0. The maximum absolute atomic E-state index is 3.25. The van der Waals surface area contributed by atoms with Crippen molar-refractivity contribution in [1.82, 2.24) is 0 Å². The summed E-state index contributed by atoms with van der Waals surface area (Å²) in [5, 5.41) is 0. The van der Waals surface area contributed by atoms with E-state index in [1.165, 1.54) is 18.4 Å². The summed E-state index contributed by atoms with van der Waals surface area (Å²) in [6.45, 7) is 4.35. The second-order valence-corrected chi connectivity index (χ2v) is 2.66. The minimum absolute atomic E-state index is 0.670. The molecule has 1 aliphatic rings. The van der Waals surface area contributed by atoms with Crippen LogP contribution in [0.4, 0.5) is 0 Å². The monoisotopic (exact) mass is 108 g/mol. The van der Waals surface area contributed by atoms with Crippen molar-refractivity contribution in [2.24, 2.45) is 5.92 Å². The summed E-state index contributed by atoms with van der Waals surface area (Å²) in [6, 6.07) is 0. The number of hydrogen-bond acceptors (Lipinski definition) is 0. The fourth-order valence-corrected chi connectivity index (χ4v) is 0.491. The highest BCUT2D eigenvalue weighted by molar-refractivity contribution is 5.15. The van der Waals surface area contributed by atoms with Crippen molar-refractivity contribution in [3.8, 4) is 0 Å². The molecule has 0 aromatic rings. The van der Waals surface area contributed by atoms with Gasteiger partial charge < -0.3 is 0 Å². The molecule has 0 N–H and O–H groups in total. The minimum atomic E-state index is 0.670. The first-order chi connectivity index (χ1) is 3.79. The van der Waals surface area contributed by atoms with Crippen LogP contribution in [0, 0.1) is 5.92 Å². The van der Waals surface area contributed by atoms with Crippen LogP contribution in [0.25, 0.3) is 0 Å². The minimum Gasteiger partial charge on any atom is -0.126 e. The third-order valence-electron chi connectivity index (χ3n) is 1.12. The Morgan fingerprint density at radius 3 is 2.50 bits per heavy atom. The van der Waals surface area contributed by atoms with Crippen LogP contribution in [-0.2, 0) is 0 Å². The Bertz CT molecular complexity index is 128. The van der Waals surface area contributed by atoms with E-state index in [4.69, 9.17) is 0 Å². The van der Waals surface area contributed by atoms with E-state index in [-0.39, 0.29) is 0 Å². The zero-order chi connectivity index (χ0) is 5.98. The van der Waals surface area contributed by atoms with E-state index in [0.29, 0.717) is 5.92 Å². The lowest BCUT2D eigenvalue weighted by atomic mass is 10.2. The zero-order valence-corrected chi connectivity index (χ0v) is 5.57. The van der Waals surface area contributed by atoms with Crippen LogP contribution in [0.2, 0.25) is 0 Å². The van der Waals surface area contributed by atoms with Crippen LogP contribution < -0.4 is 0 Å². The molecule has 1 saturated carbocycles. The molecule has 1 rings (SSSR count). The van der Waals surface area contributed by atoms with Gasteiger partial charge in [0.05, 0.1) is 0 Å². The first kappa shape index (κ1) is 5.65. The predicted octanol–water partition coefficient (Wildman–Crippen LogP) is 2.52. The molecule has 0 aromatic heterocycles. The van der Waals surface area contributed by atoms with Gasteiger partial charge in [-0.3, -0.25) is 0 Å². The molecule has 44 valence electrons. The molecular formula is C8H12. The van der Waals surface area contributed by atoms with E-state index in [9.17, 15) is 0 Å². The fourth-order valence-electron chi connectivity index (χ4n) is 0.491. The van der Waals surface area contributed by atoms with Crippen molar-refractivity contribution in [2.45, 2.75) is 26.7 Å². The van der Waals surface area contributed by atoms with Gasteiger partial charge in [-0.05, 0) is 30.4 Å². The molecule has 0 radical (unpaired) electrons. The van der Waals surface area contributed by atoms with Gasteiger partial charge in [-0.25, -0.2) is 0 Å². The van der Waals surface area contributed by atoms with Gasteiger partial charge in [-0.1, -0.05) is 13.8 Å². The summed E-state index contributed by atoms with van der Waals surface area (Å²) in [6.07, 6.45) is 4.73. The van der Waals surface area contributed by atoms with Gasteiger partial charge in [0.25, 0.3) is 0 Å². The Balaban J connectivity index is 2.44. The van der Waals surface area contributed by atoms with E-state index in [0.717, 1.165) is 0 Å². The van der Waals surface area contributed by atoms with Gasteiger partial charge in [0.1, 0.15) is 0 Å². The highest BCUT2D eigenvalue weighted by Gasteiger charge is 2.08. The number of allylic oxidation sites excluding steroid dienone is 1. The van der Waals surface area contributed by atoms with Crippen molar-refractivity contribution >= 4 is 0 Å². The van der Waals surface area contributed by atoms with Crippen LogP contribution in [0.1, 0.15) is 26.7 Å². The maximum Gasteiger partial charge on any atom is -0.0200 e. The Hall–Kier alpha value is -0.480. The lowest BCUT2D eigenvalue weighted by Gasteiger charge is -1.85. The summed E-state index contributed by atoms with van der Waals surface area (Å²) in [4.78, 5) is 0. The predicted molar refractivity (Wildman–Crippen MR) is 35.7 cm³/mol. The molecule has 1 fully saturated rings. The molecule has 0 bridgehead atoms. The third kappa shape index (κ3) is 1.99. The van der Waals surface area contributed by atoms with Crippen molar-refractivity contribution in [1.29, 1.82) is 0 Å². The van der Waals surface area contributed by atoms with Gasteiger partial charge in [0.15, 0.2) is 0 Å². The van der Waals surface area contributed by atoms with Crippen molar-refractivity contribution in [2.75, 3.05) is 0 Å².